The summed E-state index contributed by atoms with van der Waals surface area (Å²) in [4.78, 5) is 3.60. The second-order valence-electron chi connectivity index (χ2n) is 7.06. The van der Waals surface area contributed by atoms with E-state index in [1.54, 1.807) is 9.80 Å². The summed E-state index contributed by atoms with van der Waals surface area (Å²) in [5.74, 6) is 0. The van der Waals surface area contributed by atoms with Crippen molar-refractivity contribution in [1.82, 2.24) is 20.7 Å². The van der Waals surface area contributed by atoms with Gasteiger partial charge in [0.25, 0.3) is 0 Å². The van der Waals surface area contributed by atoms with Crippen LogP contribution in [0.1, 0.15) is 11.1 Å². The van der Waals surface area contributed by atoms with Crippen LogP contribution in [-0.2, 0) is 0 Å². The Morgan fingerprint density at radius 2 is 0.967 bits per heavy atom. The molecule has 0 aromatic heterocycles. The number of benzene rings is 3. The maximum absolute atomic E-state index is 5.26. The van der Waals surface area contributed by atoms with Gasteiger partial charge in [0.05, 0.1) is 12.4 Å². The Labute approximate surface area is 187 Å². The molecule has 0 bridgehead atoms. The van der Waals surface area contributed by atoms with Gasteiger partial charge in [0.1, 0.15) is 0 Å². The normalized spacial score (nSPS) is 11.3. The molecule has 0 fully saturated rings. The lowest BCUT2D eigenvalue weighted by Crippen LogP contribution is -2.30. The molecule has 0 saturated carbocycles. The van der Waals surface area contributed by atoms with Gasteiger partial charge in [-0.3, -0.25) is 10.9 Å². The Bertz CT molecular complexity index is 1000. The quantitative estimate of drug-likeness (QED) is 0.282. The molecule has 0 unspecified atom stereocenters. The van der Waals surface area contributed by atoms with Crippen molar-refractivity contribution in [2.75, 3.05) is 28.2 Å². The summed E-state index contributed by atoms with van der Waals surface area (Å²) in [6.07, 6.45) is 3.64. The molecule has 0 atom stereocenters. The number of thiocarbonyl (C=S) groups is 2. The van der Waals surface area contributed by atoms with E-state index in [2.05, 4.69) is 45.3 Å². The fourth-order valence-corrected chi connectivity index (χ4v) is 3.08. The SMILES string of the molecule is CN(C)C(=S)NN=Cc1c2ccccc2c(C=NNC(=S)N(C)C)c2ccccc12. The van der Waals surface area contributed by atoms with Crippen LogP contribution in [0.2, 0.25) is 0 Å². The molecular formula is C22H24N6S2. The number of nitrogens with zero attached hydrogens (tertiary/aromatic N) is 4. The van der Waals surface area contributed by atoms with E-state index < -0.39 is 0 Å². The molecule has 3 aromatic carbocycles. The van der Waals surface area contributed by atoms with Crippen LogP contribution in [0.5, 0.6) is 0 Å². The largest absolute Gasteiger partial charge is 0.354 e. The third-order valence-corrected chi connectivity index (χ3v) is 5.45. The predicted octanol–water partition coefficient (Wildman–Crippen LogP) is 3.53. The Morgan fingerprint density at radius 3 is 1.23 bits per heavy atom. The first kappa shape index (κ1) is 21.6. The van der Waals surface area contributed by atoms with Crippen molar-refractivity contribution >= 4 is 68.6 Å². The van der Waals surface area contributed by atoms with E-state index in [0.29, 0.717) is 10.2 Å². The van der Waals surface area contributed by atoms with Crippen LogP contribution in [0.4, 0.5) is 0 Å². The van der Waals surface area contributed by atoms with Crippen LogP contribution >= 0.6 is 24.4 Å². The fraction of sp³-hybridized carbons (Fsp3) is 0.182. The summed E-state index contributed by atoms with van der Waals surface area (Å²) in [7, 11) is 7.50. The minimum absolute atomic E-state index is 0.548. The van der Waals surface area contributed by atoms with Crippen LogP contribution in [0.3, 0.4) is 0 Å². The highest BCUT2D eigenvalue weighted by Gasteiger charge is 2.11. The Kier molecular flexibility index (Phi) is 6.91. The van der Waals surface area contributed by atoms with Gasteiger partial charge in [0.2, 0.25) is 0 Å². The van der Waals surface area contributed by atoms with Crippen molar-refractivity contribution in [2.45, 2.75) is 0 Å². The van der Waals surface area contributed by atoms with Crippen LogP contribution in [0, 0.1) is 0 Å². The molecule has 0 aliphatic heterocycles. The standard InChI is InChI=1S/C22H24N6S2/c1-27(2)21(29)25-23-13-19-15-9-5-7-11-17(15)20(14-24-26-22(30)28(3)4)18-12-8-6-10-16(18)19/h5-14H,1-4H3,(H,25,29)(H,26,30). The Morgan fingerprint density at radius 1 is 0.667 bits per heavy atom. The average molecular weight is 437 g/mol. The second kappa shape index (κ2) is 9.60. The third kappa shape index (κ3) is 4.72. The molecule has 3 aromatic rings. The zero-order chi connectivity index (χ0) is 21.7. The van der Waals surface area contributed by atoms with Gasteiger partial charge in [0, 0.05) is 39.3 Å². The monoisotopic (exact) mass is 436 g/mol. The van der Waals surface area contributed by atoms with Crippen LogP contribution < -0.4 is 10.9 Å². The van der Waals surface area contributed by atoms with E-state index in [-0.39, 0.29) is 0 Å². The number of hydrazone groups is 2. The number of hydrogen-bond acceptors (Lipinski definition) is 4. The highest BCUT2D eigenvalue weighted by molar-refractivity contribution is 7.80. The van der Waals surface area contributed by atoms with E-state index in [4.69, 9.17) is 24.4 Å². The number of hydrogen-bond donors (Lipinski definition) is 2. The topological polar surface area (TPSA) is 55.3 Å². The first-order chi connectivity index (χ1) is 14.4. The molecule has 2 N–H and O–H groups in total. The summed E-state index contributed by atoms with van der Waals surface area (Å²) in [5, 5.41) is 14.1. The van der Waals surface area contributed by atoms with E-state index in [1.165, 1.54) is 0 Å². The molecule has 3 rings (SSSR count). The molecule has 154 valence electrons. The van der Waals surface area contributed by atoms with Crippen LogP contribution in [0.15, 0.2) is 58.7 Å². The summed E-state index contributed by atoms with van der Waals surface area (Å²) >= 11 is 10.5. The predicted molar refractivity (Wildman–Crippen MR) is 135 cm³/mol. The summed E-state index contributed by atoms with van der Waals surface area (Å²) < 4.78 is 0. The molecule has 0 saturated heterocycles. The first-order valence-electron chi connectivity index (χ1n) is 9.34. The highest BCUT2D eigenvalue weighted by Crippen LogP contribution is 2.31. The minimum Gasteiger partial charge on any atom is -0.354 e. The molecule has 8 heteroatoms. The smallest absolute Gasteiger partial charge is 0.189 e. The van der Waals surface area contributed by atoms with E-state index in [0.717, 1.165) is 32.7 Å². The Hall–Kier alpha value is -3.10. The van der Waals surface area contributed by atoms with E-state index in [1.807, 2.05) is 64.9 Å². The summed E-state index contributed by atoms with van der Waals surface area (Å²) in [6.45, 7) is 0. The first-order valence-corrected chi connectivity index (χ1v) is 10.2. The molecule has 0 heterocycles. The van der Waals surface area contributed by atoms with Gasteiger partial charge in [-0.15, -0.1) is 0 Å². The summed E-state index contributed by atoms with van der Waals surface area (Å²) in [5.41, 5.74) is 7.84. The van der Waals surface area contributed by atoms with Crippen molar-refractivity contribution in [2.24, 2.45) is 10.2 Å². The molecule has 0 radical (unpaired) electrons. The van der Waals surface area contributed by atoms with Gasteiger partial charge in [-0.25, -0.2) is 0 Å². The number of rotatable bonds is 4. The molecule has 0 aliphatic rings. The van der Waals surface area contributed by atoms with Gasteiger partial charge in [0.15, 0.2) is 10.2 Å². The lowest BCUT2D eigenvalue weighted by molar-refractivity contribution is 0.606. The third-order valence-electron chi connectivity index (χ3n) is 4.53. The molecule has 0 aliphatic carbocycles. The van der Waals surface area contributed by atoms with Crippen molar-refractivity contribution < 1.29 is 0 Å². The lowest BCUT2D eigenvalue weighted by atomic mass is 9.92. The van der Waals surface area contributed by atoms with Crippen molar-refractivity contribution in [3.8, 4) is 0 Å². The fourth-order valence-electron chi connectivity index (χ4n) is 2.98. The maximum Gasteiger partial charge on any atom is 0.189 e. The zero-order valence-corrected chi connectivity index (χ0v) is 19.0. The van der Waals surface area contributed by atoms with Crippen LogP contribution in [-0.4, -0.2) is 60.6 Å². The molecular weight excluding hydrogens is 412 g/mol. The van der Waals surface area contributed by atoms with Gasteiger partial charge in [-0.1, -0.05) is 48.5 Å². The number of nitrogens with one attached hydrogen (secondary N) is 2. The van der Waals surface area contributed by atoms with Crippen LogP contribution in [0.25, 0.3) is 21.5 Å². The van der Waals surface area contributed by atoms with Crippen molar-refractivity contribution in [1.29, 1.82) is 0 Å². The lowest BCUT2D eigenvalue weighted by Gasteiger charge is -2.14. The maximum atomic E-state index is 5.26. The molecule has 30 heavy (non-hydrogen) atoms. The van der Waals surface area contributed by atoms with E-state index in [9.17, 15) is 0 Å². The van der Waals surface area contributed by atoms with Gasteiger partial charge in [-0.2, -0.15) is 10.2 Å². The second-order valence-corrected chi connectivity index (χ2v) is 7.83. The highest BCUT2D eigenvalue weighted by atomic mass is 32.1. The average Bonchev–Trinajstić information content (AvgIpc) is 2.74. The molecule has 0 spiro atoms. The Balaban J connectivity index is 2.13. The molecule has 6 nitrogen and oxygen atoms in total. The van der Waals surface area contributed by atoms with Gasteiger partial charge < -0.3 is 9.80 Å². The zero-order valence-electron chi connectivity index (χ0n) is 17.4. The molecule has 0 amide bonds. The van der Waals surface area contributed by atoms with Crippen molar-refractivity contribution in [3.05, 3.63) is 59.7 Å². The van der Waals surface area contributed by atoms with Crippen molar-refractivity contribution in [3.63, 3.8) is 0 Å². The minimum atomic E-state index is 0.548. The summed E-state index contributed by atoms with van der Waals surface area (Å²) in [6, 6.07) is 16.4. The van der Waals surface area contributed by atoms with Gasteiger partial charge >= 0.3 is 0 Å². The van der Waals surface area contributed by atoms with E-state index >= 15 is 0 Å². The number of fused-ring (bicyclic) bond motifs is 2. The van der Waals surface area contributed by atoms with Gasteiger partial charge in [-0.05, 0) is 46.0 Å².